The van der Waals surface area contributed by atoms with Crippen LogP contribution in [-0.2, 0) is 0 Å². The summed E-state index contributed by atoms with van der Waals surface area (Å²) in [6.07, 6.45) is 5.32. The zero-order chi connectivity index (χ0) is 12.3. The highest BCUT2D eigenvalue weighted by molar-refractivity contribution is 5.69. The van der Waals surface area contributed by atoms with E-state index in [-0.39, 0.29) is 6.61 Å². The van der Waals surface area contributed by atoms with Gasteiger partial charge in [-0.2, -0.15) is 5.10 Å². The Hall–Kier alpha value is -1.88. The van der Waals surface area contributed by atoms with Gasteiger partial charge in [-0.05, 0) is 13.0 Å². The summed E-state index contributed by atoms with van der Waals surface area (Å²) < 4.78 is 1.80. The van der Waals surface area contributed by atoms with Gasteiger partial charge < -0.3 is 10.0 Å². The summed E-state index contributed by atoms with van der Waals surface area (Å²) in [5.41, 5.74) is 1.89. The highest BCUT2D eigenvalue weighted by atomic mass is 16.3. The zero-order valence-electron chi connectivity index (χ0n) is 9.87. The van der Waals surface area contributed by atoms with Gasteiger partial charge in [-0.25, -0.2) is 9.50 Å². The molecule has 5 nitrogen and oxygen atoms in total. The molecule has 0 atom stereocenters. The van der Waals surface area contributed by atoms with Crippen LogP contribution in [0.5, 0.6) is 0 Å². The number of aliphatic hydroxyl groups excluding tert-OH is 1. The Morgan fingerprint density at radius 3 is 3.12 bits per heavy atom. The first-order chi connectivity index (χ1) is 8.26. The van der Waals surface area contributed by atoms with Gasteiger partial charge in [0.2, 0.25) is 0 Å². The summed E-state index contributed by atoms with van der Waals surface area (Å²) in [6.45, 7) is 6.93. The lowest BCUT2D eigenvalue weighted by molar-refractivity contribution is 0.303. The molecule has 2 aromatic rings. The van der Waals surface area contributed by atoms with E-state index >= 15 is 0 Å². The van der Waals surface area contributed by atoms with Gasteiger partial charge in [0.1, 0.15) is 5.52 Å². The van der Waals surface area contributed by atoms with Crippen molar-refractivity contribution in [2.45, 2.75) is 6.92 Å². The van der Waals surface area contributed by atoms with Crippen LogP contribution in [0, 0.1) is 6.92 Å². The van der Waals surface area contributed by atoms with E-state index in [9.17, 15) is 0 Å². The first-order valence-corrected chi connectivity index (χ1v) is 5.54. The van der Waals surface area contributed by atoms with E-state index < -0.39 is 0 Å². The molecule has 0 aliphatic carbocycles. The van der Waals surface area contributed by atoms with Gasteiger partial charge in [-0.15, -0.1) is 6.58 Å². The first kappa shape index (κ1) is 11.6. The van der Waals surface area contributed by atoms with Crippen molar-refractivity contribution in [2.24, 2.45) is 0 Å². The molecule has 5 heteroatoms. The van der Waals surface area contributed by atoms with E-state index in [1.54, 1.807) is 16.8 Å². The molecule has 0 aliphatic rings. The van der Waals surface area contributed by atoms with Gasteiger partial charge in [0.05, 0.1) is 12.3 Å². The minimum atomic E-state index is 0.0870. The summed E-state index contributed by atoms with van der Waals surface area (Å²) >= 11 is 0. The van der Waals surface area contributed by atoms with Crippen molar-refractivity contribution in [3.05, 3.63) is 36.8 Å². The fourth-order valence-corrected chi connectivity index (χ4v) is 1.83. The van der Waals surface area contributed by atoms with Crippen LogP contribution in [0.15, 0.2) is 31.1 Å². The third-order valence-corrected chi connectivity index (χ3v) is 2.51. The molecule has 0 fully saturated rings. The second kappa shape index (κ2) is 4.97. The van der Waals surface area contributed by atoms with Gasteiger partial charge >= 0.3 is 0 Å². The lowest BCUT2D eigenvalue weighted by Crippen LogP contribution is -2.28. The van der Waals surface area contributed by atoms with Crippen LogP contribution in [0.2, 0.25) is 0 Å². The van der Waals surface area contributed by atoms with Crippen molar-refractivity contribution in [1.29, 1.82) is 0 Å². The largest absolute Gasteiger partial charge is 0.395 e. The molecule has 17 heavy (non-hydrogen) atoms. The monoisotopic (exact) mass is 232 g/mol. The number of nitrogens with zero attached hydrogens (tertiary/aromatic N) is 4. The SMILES string of the molecule is C=CCN(CCO)c1nccn2nc(C)cc12. The van der Waals surface area contributed by atoms with Crippen LogP contribution in [0.4, 0.5) is 5.82 Å². The predicted octanol–water partition coefficient (Wildman–Crippen LogP) is 1.02. The molecule has 0 amide bonds. The second-order valence-electron chi connectivity index (χ2n) is 3.82. The van der Waals surface area contributed by atoms with Crippen molar-refractivity contribution >= 4 is 11.3 Å². The molecule has 90 valence electrons. The van der Waals surface area contributed by atoms with E-state index in [1.807, 2.05) is 24.1 Å². The Morgan fingerprint density at radius 1 is 1.59 bits per heavy atom. The minimum absolute atomic E-state index is 0.0870. The number of hydrogen-bond donors (Lipinski definition) is 1. The summed E-state index contributed by atoms with van der Waals surface area (Å²) in [5, 5.41) is 13.4. The Balaban J connectivity index is 2.47. The summed E-state index contributed by atoms with van der Waals surface area (Å²) in [6, 6.07) is 1.98. The summed E-state index contributed by atoms with van der Waals surface area (Å²) in [7, 11) is 0. The van der Waals surface area contributed by atoms with Crippen LogP contribution in [-0.4, -0.2) is 39.4 Å². The number of fused-ring (bicyclic) bond motifs is 1. The summed E-state index contributed by atoms with van der Waals surface area (Å²) in [5.74, 6) is 0.821. The van der Waals surface area contributed by atoms with Crippen LogP contribution in [0.3, 0.4) is 0 Å². The lowest BCUT2D eigenvalue weighted by atomic mass is 10.3. The van der Waals surface area contributed by atoms with Crippen LogP contribution >= 0.6 is 0 Å². The highest BCUT2D eigenvalue weighted by Gasteiger charge is 2.11. The fraction of sp³-hybridized carbons (Fsp3) is 0.333. The molecule has 0 aromatic carbocycles. The Labute approximate surface area is 100 Å². The summed E-state index contributed by atoms with van der Waals surface area (Å²) in [4.78, 5) is 6.34. The number of aromatic nitrogens is 3. The number of anilines is 1. The first-order valence-electron chi connectivity index (χ1n) is 5.54. The molecule has 0 radical (unpaired) electrons. The zero-order valence-corrected chi connectivity index (χ0v) is 9.87. The molecule has 0 unspecified atom stereocenters. The van der Waals surface area contributed by atoms with E-state index in [1.165, 1.54) is 0 Å². The molecule has 0 saturated carbocycles. The lowest BCUT2D eigenvalue weighted by Gasteiger charge is -2.21. The topological polar surface area (TPSA) is 53.7 Å². The fourth-order valence-electron chi connectivity index (χ4n) is 1.83. The average molecular weight is 232 g/mol. The molecule has 0 bridgehead atoms. The Morgan fingerprint density at radius 2 is 2.41 bits per heavy atom. The van der Waals surface area contributed by atoms with Gasteiger partial charge in [0, 0.05) is 25.5 Å². The molecule has 2 rings (SSSR count). The van der Waals surface area contributed by atoms with Gasteiger partial charge in [0.25, 0.3) is 0 Å². The number of rotatable bonds is 5. The van der Waals surface area contributed by atoms with Crippen molar-refractivity contribution in [1.82, 2.24) is 14.6 Å². The normalized spacial score (nSPS) is 10.7. The maximum absolute atomic E-state index is 9.08. The van der Waals surface area contributed by atoms with Gasteiger partial charge in [-0.3, -0.25) is 0 Å². The van der Waals surface area contributed by atoms with Crippen molar-refractivity contribution in [2.75, 3.05) is 24.6 Å². The molecular weight excluding hydrogens is 216 g/mol. The van der Waals surface area contributed by atoms with Gasteiger partial charge in [-0.1, -0.05) is 6.08 Å². The Kier molecular flexibility index (Phi) is 3.39. The van der Waals surface area contributed by atoms with Crippen molar-refractivity contribution < 1.29 is 5.11 Å². The van der Waals surface area contributed by atoms with Crippen molar-refractivity contribution in [3.63, 3.8) is 0 Å². The van der Waals surface area contributed by atoms with E-state index in [0.717, 1.165) is 17.0 Å². The number of hydrogen-bond acceptors (Lipinski definition) is 4. The van der Waals surface area contributed by atoms with Crippen LogP contribution < -0.4 is 4.90 Å². The molecular formula is C12H16N4O. The van der Waals surface area contributed by atoms with E-state index in [4.69, 9.17) is 5.11 Å². The maximum Gasteiger partial charge on any atom is 0.155 e. The maximum atomic E-state index is 9.08. The number of aryl methyl sites for hydroxylation is 1. The molecule has 2 heterocycles. The molecule has 0 saturated heterocycles. The average Bonchev–Trinajstić information content (AvgIpc) is 2.68. The second-order valence-corrected chi connectivity index (χ2v) is 3.82. The smallest absolute Gasteiger partial charge is 0.155 e. The molecule has 1 N–H and O–H groups in total. The molecule has 0 spiro atoms. The van der Waals surface area contributed by atoms with Crippen LogP contribution in [0.1, 0.15) is 5.69 Å². The predicted molar refractivity (Wildman–Crippen MR) is 67.2 cm³/mol. The van der Waals surface area contributed by atoms with Gasteiger partial charge in [0.15, 0.2) is 5.82 Å². The Bertz CT molecular complexity index is 520. The number of aliphatic hydroxyl groups is 1. The quantitative estimate of drug-likeness (QED) is 0.782. The minimum Gasteiger partial charge on any atom is -0.395 e. The third kappa shape index (κ3) is 2.29. The standard InChI is InChI=1S/C12H16N4O/c1-3-5-15(7-8-17)12-11-9-10(2)14-16(11)6-4-13-12/h3-4,6,9,17H,1,5,7-8H2,2H3. The van der Waals surface area contributed by atoms with Crippen molar-refractivity contribution in [3.8, 4) is 0 Å². The van der Waals surface area contributed by atoms with Crippen LogP contribution in [0.25, 0.3) is 5.52 Å². The molecule has 0 aliphatic heterocycles. The van der Waals surface area contributed by atoms with E-state index in [2.05, 4.69) is 16.7 Å². The van der Waals surface area contributed by atoms with E-state index in [0.29, 0.717) is 13.1 Å². The third-order valence-electron chi connectivity index (χ3n) is 2.51. The molecule has 2 aromatic heterocycles. The highest BCUT2D eigenvalue weighted by Crippen LogP contribution is 2.19.